The molecule has 5 heteroatoms. The highest BCUT2D eigenvalue weighted by Crippen LogP contribution is 2.29. The van der Waals surface area contributed by atoms with Crippen molar-refractivity contribution in [2.75, 3.05) is 18.2 Å². The van der Waals surface area contributed by atoms with E-state index in [0.717, 1.165) is 15.7 Å². The van der Waals surface area contributed by atoms with Crippen LogP contribution in [0.25, 0.3) is 0 Å². The highest BCUT2D eigenvalue weighted by molar-refractivity contribution is 9.10. The lowest BCUT2D eigenvalue weighted by Gasteiger charge is -2.22. The molecule has 0 bridgehead atoms. The number of ether oxygens (including phenoxy) is 1. The van der Waals surface area contributed by atoms with Gasteiger partial charge < -0.3 is 15.8 Å². The molecule has 2 aromatic rings. The Labute approximate surface area is 138 Å². The molecule has 0 aromatic heterocycles. The van der Waals surface area contributed by atoms with Crippen molar-refractivity contribution in [2.45, 2.75) is 6.04 Å². The van der Waals surface area contributed by atoms with Crippen molar-refractivity contribution in [1.29, 1.82) is 0 Å². The summed E-state index contributed by atoms with van der Waals surface area (Å²) < 4.78 is 5.74. The monoisotopic (exact) mass is 360 g/mol. The van der Waals surface area contributed by atoms with E-state index < -0.39 is 12.0 Å². The zero-order valence-corrected chi connectivity index (χ0v) is 13.8. The van der Waals surface area contributed by atoms with Gasteiger partial charge >= 0.3 is 5.97 Å². The molecule has 114 valence electrons. The smallest absolute Gasteiger partial charge is 0.335 e. The summed E-state index contributed by atoms with van der Waals surface area (Å²) in [7, 11) is 1.34. The fourth-order valence-electron chi connectivity index (χ4n) is 2.06. The number of methoxy groups -OCH3 is 1. The standard InChI is InChI=1S/C17H17BrN2O2/c1-11(17(21)22-2)16(12-7-9-13(18)10-8-12)20-15-6-4-3-5-14(15)19/h3-10,16,20H,1,19H2,2H3. The number of carbonyl (C=O) groups excluding carboxylic acids is 1. The summed E-state index contributed by atoms with van der Waals surface area (Å²) >= 11 is 3.40. The van der Waals surface area contributed by atoms with Crippen LogP contribution in [-0.2, 0) is 9.53 Å². The van der Waals surface area contributed by atoms with Crippen molar-refractivity contribution in [1.82, 2.24) is 0 Å². The summed E-state index contributed by atoms with van der Waals surface area (Å²) in [5.41, 5.74) is 8.50. The van der Waals surface area contributed by atoms with Gasteiger partial charge in [0, 0.05) is 4.47 Å². The van der Waals surface area contributed by atoms with E-state index >= 15 is 0 Å². The van der Waals surface area contributed by atoms with Gasteiger partial charge in [-0.05, 0) is 29.8 Å². The number of para-hydroxylation sites is 2. The molecule has 2 rings (SSSR count). The van der Waals surface area contributed by atoms with Crippen molar-refractivity contribution < 1.29 is 9.53 Å². The highest BCUT2D eigenvalue weighted by Gasteiger charge is 2.22. The minimum Gasteiger partial charge on any atom is -0.466 e. The lowest BCUT2D eigenvalue weighted by Crippen LogP contribution is -2.20. The van der Waals surface area contributed by atoms with Gasteiger partial charge in [0.1, 0.15) is 0 Å². The first kappa shape index (κ1) is 16.1. The van der Waals surface area contributed by atoms with Gasteiger partial charge in [0.05, 0.1) is 30.1 Å². The number of nitrogens with two attached hydrogens (primary N) is 1. The van der Waals surface area contributed by atoms with Gasteiger partial charge in [-0.3, -0.25) is 0 Å². The maximum absolute atomic E-state index is 11.9. The van der Waals surface area contributed by atoms with Crippen molar-refractivity contribution in [2.24, 2.45) is 0 Å². The Hall–Kier alpha value is -2.27. The van der Waals surface area contributed by atoms with E-state index in [1.807, 2.05) is 42.5 Å². The van der Waals surface area contributed by atoms with Gasteiger partial charge in [-0.25, -0.2) is 4.79 Å². The second-order valence-corrected chi connectivity index (χ2v) is 5.65. The topological polar surface area (TPSA) is 64.3 Å². The number of hydrogen-bond donors (Lipinski definition) is 2. The van der Waals surface area contributed by atoms with Crippen LogP contribution >= 0.6 is 15.9 Å². The van der Waals surface area contributed by atoms with Gasteiger partial charge in [-0.1, -0.05) is 46.8 Å². The number of esters is 1. The maximum atomic E-state index is 11.9. The van der Waals surface area contributed by atoms with Crippen LogP contribution < -0.4 is 11.1 Å². The van der Waals surface area contributed by atoms with E-state index in [1.165, 1.54) is 7.11 Å². The summed E-state index contributed by atoms with van der Waals surface area (Å²) in [5.74, 6) is -0.463. The molecule has 0 saturated heterocycles. The number of halogens is 1. The average molecular weight is 361 g/mol. The van der Waals surface area contributed by atoms with E-state index in [0.29, 0.717) is 11.3 Å². The Morgan fingerprint density at radius 3 is 2.45 bits per heavy atom. The van der Waals surface area contributed by atoms with E-state index in [-0.39, 0.29) is 0 Å². The molecule has 4 nitrogen and oxygen atoms in total. The molecule has 22 heavy (non-hydrogen) atoms. The summed E-state index contributed by atoms with van der Waals surface area (Å²) in [6, 6.07) is 14.6. The summed E-state index contributed by atoms with van der Waals surface area (Å²) in [5, 5.41) is 3.26. The van der Waals surface area contributed by atoms with Crippen molar-refractivity contribution in [3.63, 3.8) is 0 Å². The van der Waals surface area contributed by atoms with Crippen molar-refractivity contribution in [3.8, 4) is 0 Å². The van der Waals surface area contributed by atoms with Crippen LogP contribution in [-0.4, -0.2) is 13.1 Å². The predicted octanol–water partition coefficient (Wildman–Crippen LogP) is 3.91. The fraction of sp³-hybridized carbons (Fsp3) is 0.118. The minimum absolute atomic E-state index is 0.313. The summed E-state index contributed by atoms with van der Waals surface area (Å²) in [6.07, 6.45) is 0. The number of hydrogen-bond acceptors (Lipinski definition) is 4. The second kappa shape index (κ2) is 7.13. The number of nitrogen functional groups attached to an aromatic ring is 1. The number of rotatable bonds is 5. The van der Waals surface area contributed by atoms with Crippen LogP contribution in [0.15, 0.2) is 65.2 Å². The van der Waals surface area contributed by atoms with Gasteiger partial charge in [0.2, 0.25) is 0 Å². The lowest BCUT2D eigenvalue weighted by atomic mass is 9.99. The second-order valence-electron chi connectivity index (χ2n) is 4.73. The quantitative estimate of drug-likeness (QED) is 0.481. The molecule has 0 aliphatic heterocycles. The van der Waals surface area contributed by atoms with E-state index in [1.54, 1.807) is 6.07 Å². The van der Waals surface area contributed by atoms with Crippen LogP contribution in [0.4, 0.5) is 11.4 Å². The average Bonchev–Trinajstić information content (AvgIpc) is 2.54. The molecule has 1 unspecified atom stereocenters. The van der Waals surface area contributed by atoms with Gasteiger partial charge in [0.15, 0.2) is 0 Å². The molecule has 0 radical (unpaired) electrons. The first-order valence-corrected chi connectivity index (χ1v) is 7.46. The van der Waals surface area contributed by atoms with E-state index in [2.05, 4.69) is 27.8 Å². The zero-order chi connectivity index (χ0) is 16.1. The van der Waals surface area contributed by atoms with Crippen LogP contribution in [0, 0.1) is 0 Å². The third-order valence-corrected chi connectivity index (χ3v) is 3.79. The number of benzene rings is 2. The van der Waals surface area contributed by atoms with Gasteiger partial charge in [-0.15, -0.1) is 0 Å². The molecule has 2 aromatic carbocycles. The highest BCUT2D eigenvalue weighted by atomic mass is 79.9. The molecular formula is C17H17BrN2O2. The minimum atomic E-state index is -0.463. The Bertz CT molecular complexity index is 683. The molecule has 0 aliphatic rings. The largest absolute Gasteiger partial charge is 0.466 e. The van der Waals surface area contributed by atoms with Crippen LogP contribution in [0.1, 0.15) is 11.6 Å². The third-order valence-electron chi connectivity index (χ3n) is 3.26. The van der Waals surface area contributed by atoms with E-state index in [4.69, 9.17) is 10.5 Å². The van der Waals surface area contributed by atoms with E-state index in [9.17, 15) is 4.79 Å². The number of anilines is 2. The van der Waals surface area contributed by atoms with Gasteiger partial charge in [-0.2, -0.15) is 0 Å². The van der Waals surface area contributed by atoms with Gasteiger partial charge in [0.25, 0.3) is 0 Å². The molecule has 0 spiro atoms. The first-order chi connectivity index (χ1) is 10.5. The SMILES string of the molecule is C=C(C(=O)OC)C(Nc1ccccc1N)c1ccc(Br)cc1. The third kappa shape index (κ3) is 3.68. The molecule has 0 fully saturated rings. The molecule has 1 atom stereocenters. The van der Waals surface area contributed by atoms with Crippen LogP contribution in [0.2, 0.25) is 0 Å². The molecule has 3 N–H and O–H groups in total. The predicted molar refractivity (Wildman–Crippen MR) is 92.5 cm³/mol. The Morgan fingerprint density at radius 1 is 1.23 bits per heavy atom. The normalized spacial score (nSPS) is 11.5. The molecule has 0 saturated carbocycles. The number of nitrogens with one attached hydrogen (secondary N) is 1. The lowest BCUT2D eigenvalue weighted by molar-refractivity contribution is -0.136. The van der Waals surface area contributed by atoms with Crippen molar-refractivity contribution in [3.05, 3.63) is 70.7 Å². The molecule has 0 heterocycles. The molecule has 0 aliphatic carbocycles. The number of carbonyl (C=O) groups is 1. The molecule has 0 amide bonds. The molecular weight excluding hydrogens is 344 g/mol. The Morgan fingerprint density at radius 2 is 1.86 bits per heavy atom. The van der Waals surface area contributed by atoms with Crippen LogP contribution in [0.5, 0.6) is 0 Å². The Kier molecular flexibility index (Phi) is 5.22. The zero-order valence-electron chi connectivity index (χ0n) is 12.2. The van der Waals surface area contributed by atoms with Crippen LogP contribution in [0.3, 0.4) is 0 Å². The maximum Gasteiger partial charge on any atom is 0.335 e. The summed E-state index contributed by atoms with van der Waals surface area (Å²) in [4.78, 5) is 11.9. The fourth-order valence-corrected chi connectivity index (χ4v) is 2.32. The Balaban J connectivity index is 2.37. The van der Waals surface area contributed by atoms with Crippen molar-refractivity contribution >= 4 is 33.3 Å². The first-order valence-electron chi connectivity index (χ1n) is 6.66. The summed E-state index contributed by atoms with van der Waals surface area (Å²) in [6.45, 7) is 3.86.